The van der Waals surface area contributed by atoms with E-state index in [0.717, 1.165) is 18.5 Å². The Hall–Kier alpha value is -1.31. The highest BCUT2D eigenvalue weighted by atomic mass is 15.2. The van der Waals surface area contributed by atoms with Gasteiger partial charge in [0, 0.05) is 17.4 Å². The molecule has 0 N–H and O–H groups in total. The molecule has 2 heterocycles. The van der Waals surface area contributed by atoms with Crippen LogP contribution in [-0.4, -0.2) is 11.0 Å². The van der Waals surface area contributed by atoms with E-state index in [1.807, 2.05) is 6.20 Å². The molecular weight excluding hydrogens is 184 g/mol. The minimum atomic E-state index is 0.569. The SMILES string of the molecule is CCc1ccc(N2C(C)=CCC2C)cn1. The van der Waals surface area contributed by atoms with Gasteiger partial charge in [-0.05, 0) is 38.8 Å². The number of aryl methyl sites for hydroxylation is 1. The number of hydrogen-bond donors (Lipinski definition) is 0. The summed E-state index contributed by atoms with van der Waals surface area (Å²) in [6.45, 7) is 6.55. The topological polar surface area (TPSA) is 16.1 Å². The third-order valence-corrected chi connectivity index (χ3v) is 3.02. The van der Waals surface area contributed by atoms with Gasteiger partial charge in [-0.15, -0.1) is 0 Å². The molecule has 0 fully saturated rings. The number of pyridine rings is 1. The van der Waals surface area contributed by atoms with Crippen LogP contribution in [-0.2, 0) is 6.42 Å². The fourth-order valence-corrected chi connectivity index (χ4v) is 2.12. The van der Waals surface area contributed by atoms with E-state index in [1.54, 1.807) is 0 Å². The summed E-state index contributed by atoms with van der Waals surface area (Å²) in [6.07, 6.45) is 6.42. The normalized spacial score (nSPS) is 20.6. The summed E-state index contributed by atoms with van der Waals surface area (Å²) in [4.78, 5) is 6.80. The molecule has 0 aliphatic carbocycles. The summed E-state index contributed by atoms with van der Waals surface area (Å²) in [5.74, 6) is 0. The summed E-state index contributed by atoms with van der Waals surface area (Å²) in [5, 5.41) is 0. The van der Waals surface area contributed by atoms with Crippen molar-refractivity contribution in [2.75, 3.05) is 4.90 Å². The van der Waals surface area contributed by atoms with E-state index in [1.165, 1.54) is 11.4 Å². The first-order valence-electron chi connectivity index (χ1n) is 5.63. The average molecular weight is 202 g/mol. The largest absolute Gasteiger partial charge is 0.341 e. The second-order valence-corrected chi connectivity index (χ2v) is 4.16. The summed E-state index contributed by atoms with van der Waals surface area (Å²) in [7, 11) is 0. The smallest absolute Gasteiger partial charge is 0.0597 e. The zero-order chi connectivity index (χ0) is 10.8. The van der Waals surface area contributed by atoms with E-state index < -0.39 is 0 Å². The molecule has 0 aromatic carbocycles. The predicted octanol–water partition coefficient (Wildman–Crippen LogP) is 3.15. The van der Waals surface area contributed by atoms with Gasteiger partial charge in [-0.1, -0.05) is 13.0 Å². The molecule has 1 aromatic heterocycles. The molecule has 1 unspecified atom stereocenters. The molecule has 2 rings (SSSR count). The number of anilines is 1. The first kappa shape index (κ1) is 10.2. The van der Waals surface area contributed by atoms with E-state index in [9.17, 15) is 0 Å². The molecule has 1 atom stereocenters. The summed E-state index contributed by atoms with van der Waals surface area (Å²) in [6, 6.07) is 4.86. The number of hydrogen-bond acceptors (Lipinski definition) is 2. The average Bonchev–Trinajstić information content (AvgIpc) is 2.59. The maximum Gasteiger partial charge on any atom is 0.0597 e. The molecule has 1 aliphatic heterocycles. The minimum Gasteiger partial charge on any atom is -0.341 e. The lowest BCUT2D eigenvalue weighted by Crippen LogP contribution is -2.26. The van der Waals surface area contributed by atoms with E-state index in [-0.39, 0.29) is 0 Å². The lowest BCUT2D eigenvalue weighted by molar-refractivity contribution is 0.744. The zero-order valence-electron chi connectivity index (χ0n) is 9.70. The molecule has 0 amide bonds. The van der Waals surface area contributed by atoms with Crippen LogP contribution in [0.3, 0.4) is 0 Å². The predicted molar refractivity (Wildman–Crippen MR) is 63.9 cm³/mol. The highest BCUT2D eigenvalue weighted by molar-refractivity contribution is 5.53. The Labute approximate surface area is 91.6 Å². The molecule has 80 valence electrons. The highest BCUT2D eigenvalue weighted by Gasteiger charge is 2.20. The highest BCUT2D eigenvalue weighted by Crippen LogP contribution is 2.28. The Morgan fingerprint density at radius 2 is 2.27 bits per heavy atom. The molecule has 0 saturated carbocycles. The van der Waals surface area contributed by atoms with Crippen LogP contribution in [0.15, 0.2) is 30.1 Å². The van der Waals surface area contributed by atoms with Crippen LogP contribution < -0.4 is 4.90 Å². The van der Waals surface area contributed by atoms with Crippen LogP contribution in [0, 0.1) is 0 Å². The lowest BCUT2D eigenvalue weighted by Gasteiger charge is -2.25. The molecule has 2 nitrogen and oxygen atoms in total. The van der Waals surface area contributed by atoms with Gasteiger partial charge in [-0.2, -0.15) is 0 Å². The van der Waals surface area contributed by atoms with Crippen LogP contribution in [0.1, 0.15) is 32.9 Å². The van der Waals surface area contributed by atoms with Crippen LogP contribution in [0.25, 0.3) is 0 Å². The molecule has 1 aromatic rings. The molecule has 1 aliphatic rings. The van der Waals surface area contributed by atoms with Crippen molar-refractivity contribution in [2.45, 2.75) is 39.7 Å². The number of nitrogens with zero attached hydrogens (tertiary/aromatic N) is 2. The van der Waals surface area contributed by atoms with Gasteiger partial charge < -0.3 is 4.90 Å². The summed E-state index contributed by atoms with van der Waals surface area (Å²) in [5.41, 5.74) is 3.71. The Bertz CT molecular complexity index is 365. The van der Waals surface area contributed by atoms with Crippen molar-refractivity contribution in [1.29, 1.82) is 0 Å². The van der Waals surface area contributed by atoms with Gasteiger partial charge in [-0.3, -0.25) is 4.98 Å². The van der Waals surface area contributed by atoms with E-state index in [4.69, 9.17) is 0 Å². The van der Waals surface area contributed by atoms with E-state index in [0.29, 0.717) is 6.04 Å². The Kier molecular flexibility index (Phi) is 2.76. The third kappa shape index (κ3) is 1.89. The van der Waals surface area contributed by atoms with Gasteiger partial charge in [0.25, 0.3) is 0 Å². The fraction of sp³-hybridized carbons (Fsp3) is 0.462. The van der Waals surface area contributed by atoms with Crippen LogP contribution in [0.5, 0.6) is 0 Å². The zero-order valence-corrected chi connectivity index (χ0v) is 9.70. The third-order valence-electron chi connectivity index (χ3n) is 3.02. The number of allylic oxidation sites excluding steroid dienone is 1. The maximum atomic E-state index is 4.44. The molecule has 0 saturated heterocycles. The minimum absolute atomic E-state index is 0.569. The van der Waals surface area contributed by atoms with Crippen molar-refractivity contribution in [1.82, 2.24) is 4.98 Å². The summed E-state index contributed by atoms with van der Waals surface area (Å²) >= 11 is 0. The number of rotatable bonds is 2. The Morgan fingerprint density at radius 3 is 2.73 bits per heavy atom. The van der Waals surface area contributed by atoms with Gasteiger partial charge in [0.15, 0.2) is 0 Å². The second kappa shape index (κ2) is 4.05. The standard InChI is InChI=1S/C13H18N2/c1-4-12-7-8-13(9-14-12)15-10(2)5-6-11(15)3/h5,7-9,11H,4,6H2,1-3H3. The van der Waals surface area contributed by atoms with Gasteiger partial charge >= 0.3 is 0 Å². The Morgan fingerprint density at radius 1 is 1.47 bits per heavy atom. The molecule has 0 radical (unpaired) electrons. The lowest BCUT2D eigenvalue weighted by atomic mass is 10.2. The molecular formula is C13H18N2. The van der Waals surface area contributed by atoms with Crippen LogP contribution >= 0.6 is 0 Å². The van der Waals surface area contributed by atoms with E-state index >= 15 is 0 Å². The van der Waals surface area contributed by atoms with Crippen molar-refractivity contribution < 1.29 is 0 Å². The van der Waals surface area contributed by atoms with Crippen molar-refractivity contribution in [3.8, 4) is 0 Å². The van der Waals surface area contributed by atoms with Crippen LogP contribution in [0.2, 0.25) is 0 Å². The van der Waals surface area contributed by atoms with Gasteiger partial charge in [0.2, 0.25) is 0 Å². The van der Waals surface area contributed by atoms with Crippen molar-refractivity contribution in [2.24, 2.45) is 0 Å². The van der Waals surface area contributed by atoms with Crippen molar-refractivity contribution in [3.05, 3.63) is 35.8 Å². The molecule has 15 heavy (non-hydrogen) atoms. The van der Waals surface area contributed by atoms with Gasteiger partial charge in [0.1, 0.15) is 0 Å². The van der Waals surface area contributed by atoms with E-state index in [2.05, 4.69) is 48.9 Å². The molecule has 0 bridgehead atoms. The van der Waals surface area contributed by atoms with Gasteiger partial charge in [-0.25, -0.2) is 0 Å². The quantitative estimate of drug-likeness (QED) is 0.732. The number of aromatic nitrogens is 1. The maximum absolute atomic E-state index is 4.44. The molecule has 2 heteroatoms. The van der Waals surface area contributed by atoms with Crippen LogP contribution in [0.4, 0.5) is 5.69 Å². The summed E-state index contributed by atoms with van der Waals surface area (Å²) < 4.78 is 0. The van der Waals surface area contributed by atoms with Crippen molar-refractivity contribution in [3.63, 3.8) is 0 Å². The first-order valence-corrected chi connectivity index (χ1v) is 5.63. The Balaban J connectivity index is 2.25. The van der Waals surface area contributed by atoms with Crippen molar-refractivity contribution >= 4 is 5.69 Å². The molecule has 0 spiro atoms. The van der Waals surface area contributed by atoms with Gasteiger partial charge in [0.05, 0.1) is 11.9 Å². The monoisotopic (exact) mass is 202 g/mol. The fourth-order valence-electron chi connectivity index (χ4n) is 2.12. The second-order valence-electron chi connectivity index (χ2n) is 4.16. The first-order chi connectivity index (χ1) is 7.22.